The van der Waals surface area contributed by atoms with Gasteiger partial charge in [-0.25, -0.2) is 9.98 Å². The number of pyridine rings is 1. The van der Waals surface area contributed by atoms with Crippen LogP contribution in [0.5, 0.6) is 0 Å². The van der Waals surface area contributed by atoms with E-state index in [2.05, 4.69) is 163 Å². The van der Waals surface area contributed by atoms with E-state index in [1.165, 1.54) is 0 Å². The van der Waals surface area contributed by atoms with E-state index in [0.717, 1.165) is 78.4 Å². The highest BCUT2D eigenvalue weighted by Crippen LogP contribution is 2.39. The van der Waals surface area contributed by atoms with Crippen LogP contribution in [0.4, 0.5) is 0 Å². The summed E-state index contributed by atoms with van der Waals surface area (Å²) in [5.41, 5.74) is 14.7. The number of aromatic nitrogens is 2. The molecule has 0 aliphatic carbocycles. The van der Waals surface area contributed by atoms with E-state index in [1.54, 1.807) is 0 Å². The Balaban J connectivity index is 1.20. The highest BCUT2D eigenvalue weighted by atomic mass is 15.0. The summed E-state index contributed by atoms with van der Waals surface area (Å²) in [6.45, 7) is 4.66. The molecule has 1 aliphatic heterocycles. The Morgan fingerprint density at radius 2 is 1.04 bits per heavy atom. The van der Waals surface area contributed by atoms with Crippen molar-refractivity contribution < 1.29 is 0 Å². The molecule has 1 unspecified atom stereocenters. The lowest BCUT2D eigenvalue weighted by molar-refractivity contribution is 0.841. The van der Waals surface area contributed by atoms with Crippen LogP contribution in [0.25, 0.3) is 50.4 Å². The molecule has 53 heavy (non-hydrogen) atoms. The molecule has 0 radical (unpaired) electrons. The van der Waals surface area contributed by atoms with Gasteiger partial charge in [0.15, 0.2) is 5.84 Å². The summed E-state index contributed by atoms with van der Waals surface area (Å²) < 4.78 is 2.19. The smallest absolute Gasteiger partial charge is 0.155 e. The Hall–Kier alpha value is -6.91. The SMILES string of the molecule is C=C1CC(c2ccccc2)=NC(c2ccccc2)=NC1c1cc(-c2ccccc2)cc(-c2cccc(-c3c(-c4ccccc4)nc4ccccn34)c2)c1. The molecule has 0 fully saturated rings. The van der Waals surface area contributed by atoms with Gasteiger partial charge in [-0.2, -0.15) is 0 Å². The number of benzene rings is 6. The van der Waals surface area contributed by atoms with Gasteiger partial charge in [-0.1, -0.05) is 152 Å². The number of nitrogens with zero attached hydrogens (tertiary/aromatic N) is 4. The molecule has 6 aromatic carbocycles. The average molecular weight is 681 g/mol. The molecule has 0 amide bonds. The first-order chi connectivity index (χ1) is 26.2. The topological polar surface area (TPSA) is 42.0 Å². The second kappa shape index (κ2) is 14.0. The Labute approximate surface area is 309 Å². The average Bonchev–Trinajstić information content (AvgIpc) is 3.53. The fourth-order valence-electron chi connectivity index (χ4n) is 7.24. The first-order valence-corrected chi connectivity index (χ1v) is 18.0. The molecule has 8 aromatic rings. The minimum absolute atomic E-state index is 0.302. The Morgan fingerprint density at radius 1 is 0.491 bits per heavy atom. The zero-order chi connectivity index (χ0) is 35.6. The number of hydrogen-bond donors (Lipinski definition) is 0. The van der Waals surface area contributed by atoms with Crippen molar-refractivity contribution in [2.75, 3.05) is 0 Å². The molecule has 1 aliphatic rings. The van der Waals surface area contributed by atoms with Crippen molar-refractivity contribution in [1.82, 2.24) is 9.38 Å². The van der Waals surface area contributed by atoms with Crippen molar-refractivity contribution in [3.63, 3.8) is 0 Å². The van der Waals surface area contributed by atoms with E-state index in [4.69, 9.17) is 15.0 Å². The molecule has 0 saturated heterocycles. The maximum atomic E-state index is 5.40. The second-order valence-corrected chi connectivity index (χ2v) is 13.4. The highest BCUT2D eigenvalue weighted by Gasteiger charge is 2.24. The standard InChI is InChI=1S/C49H36N4/c1-34-29-44(36-19-8-3-9-20-36)50-49(38-23-12-5-13-24-38)52-46(34)43-32-41(35-17-6-2-7-18-35)31-42(33-43)39-25-16-26-40(30-39)48-47(37-21-10-4-11-22-37)51-45-27-14-15-28-53(45)48/h2-28,30-33,46H,1,29H2. The minimum atomic E-state index is -0.302. The van der Waals surface area contributed by atoms with Crippen LogP contribution in [0.15, 0.2) is 210 Å². The molecule has 0 N–H and O–H groups in total. The van der Waals surface area contributed by atoms with E-state index in [-0.39, 0.29) is 6.04 Å². The van der Waals surface area contributed by atoms with Crippen molar-refractivity contribution in [3.05, 3.63) is 217 Å². The van der Waals surface area contributed by atoms with Crippen LogP contribution >= 0.6 is 0 Å². The van der Waals surface area contributed by atoms with Gasteiger partial charge >= 0.3 is 0 Å². The lowest BCUT2D eigenvalue weighted by Gasteiger charge is -2.19. The summed E-state index contributed by atoms with van der Waals surface area (Å²) in [4.78, 5) is 15.7. The molecule has 0 bridgehead atoms. The van der Waals surface area contributed by atoms with E-state index < -0.39 is 0 Å². The van der Waals surface area contributed by atoms with Crippen molar-refractivity contribution in [3.8, 4) is 44.8 Å². The third-order valence-electron chi connectivity index (χ3n) is 9.84. The van der Waals surface area contributed by atoms with Crippen molar-refractivity contribution >= 4 is 17.2 Å². The van der Waals surface area contributed by atoms with Gasteiger partial charge in [-0.05, 0) is 75.4 Å². The third kappa shape index (κ3) is 6.43. The van der Waals surface area contributed by atoms with Gasteiger partial charge in [0.05, 0.1) is 23.1 Å². The highest BCUT2D eigenvalue weighted by molar-refractivity contribution is 6.14. The van der Waals surface area contributed by atoms with E-state index in [0.29, 0.717) is 12.3 Å². The normalized spacial score (nSPS) is 14.4. The van der Waals surface area contributed by atoms with Gasteiger partial charge in [0.25, 0.3) is 0 Å². The maximum absolute atomic E-state index is 5.40. The minimum Gasteiger partial charge on any atom is -0.299 e. The fourth-order valence-corrected chi connectivity index (χ4v) is 7.24. The van der Waals surface area contributed by atoms with Crippen molar-refractivity contribution in [2.24, 2.45) is 9.98 Å². The van der Waals surface area contributed by atoms with E-state index in [9.17, 15) is 0 Å². The first-order valence-electron chi connectivity index (χ1n) is 18.0. The molecular formula is C49H36N4. The van der Waals surface area contributed by atoms with E-state index >= 15 is 0 Å². The van der Waals surface area contributed by atoms with Gasteiger partial charge in [-0.15, -0.1) is 0 Å². The Kier molecular flexibility index (Phi) is 8.47. The summed E-state index contributed by atoms with van der Waals surface area (Å²) in [7, 11) is 0. The van der Waals surface area contributed by atoms with Crippen LogP contribution in [0.3, 0.4) is 0 Å². The number of amidine groups is 1. The quantitative estimate of drug-likeness (QED) is 0.155. The van der Waals surface area contributed by atoms with Gasteiger partial charge in [0.1, 0.15) is 5.65 Å². The van der Waals surface area contributed by atoms with E-state index in [1.807, 2.05) is 36.4 Å². The monoisotopic (exact) mass is 680 g/mol. The van der Waals surface area contributed by atoms with Crippen LogP contribution in [-0.2, 0) is 0 Å². The zero-order valence-electron chi connectivity index (χ0n) is 29.2. The molecular weight excluding hydrogens is 645 g/mol. The molecule has 9 rings (SSSR count). The molecule has 0 saturated carbocycles. The lowest BCUT2D eigenvalue weighted by Crippen LogP contribution is -2.05. The number of hydrogen-bond acceptors (Lipinski definition) is 3. The molecule has 0 spiro atoms. The molecule has 2 aromatic heterocycles. The van der Waals surface area contributed by atoms with Crippen LogP contribution < -0.4 is 0 Å². The molecule has 1 atom stereocenters. The first kappa shape index (κ1) is 32.0. The predicted octanol–water partition coefficient (Wildman–Crippen LogP) is 11.9. The van der Waals surface area contributed by atoms with Crippen molar-refractivity contribution in [2.45, 2.75) is 12.5 Å². The van der Waals surface area contributed by atoms with Gasteiger partial charge in [-0.3, -0.25) is 9.39 Å². The van der Waals surface area contributed by atoms with Gasteiger partial charge < -0.3 is 0 Å². The van der Waals surface area contributed by atoms with Crippen LogP contribution in [0, 0.1) is 0 Å². The summed E-state index contributed by atoms with van der Waals surface area (Å²) in [6, 6.07) is 63.2. The number of aliphatic imine (C=N–C) groups is 2. The maximum Gasteiger partial charge on any atom is 0.155 e. The Bertz CT molecular complexity index is 2640. The summed E-state index contributed by atoms with van der Waals surface area (Å²) in [5.74, 6) is 0.711. The van der Waals surface area contributed by atoms with Gasteiger partial charge in [0.2, 0.25) is 0 Å². The third-order valence-corrected chi connectivity index (χ3v) is 9.84. The molecule has 4 heteroatoms. The molecule has 252 valence electrons. The summed E-state index contributed by atoms with van der Waals surface area (Å²) in [5, 5.41) is 0. The van der Waals surface area contributed by atoms with Crippen molar-refractivity contribution in [1.29, 1.82) is 0 Å². The predicted molar refractivity (Wildman–Crippen MR) is 219 cm³/mol. The second-order valence-electron chi connectivity index (χ2n) is 13.4. The summed E-state index contributed by atoms with van der Waals surface area (Å²) in [6.07, 6.45) is 2.71. The largest absolute Gasteiger partial charge is 0.299 e. The zero-order valence-corrected chi connectivity index (χ0v) is 29.2. The number of imidazole rings is 1. The van der Waals surface area contributed by atoms with Crippen LogP contribution in [-0.4, -0.2) is 20.9 Å². The molecule has 4 nitrogen and oxygen atoms in total. The summed E-state index contributed by atoms with van der Waals surface area (Å²) >= 11 is 0. The fraction of sp³-hybridized carbons (Fsp3) is 0.0408. The number of fused-ring (bicyclic) bond motifs is 1. The molecule has 3 heterocycles. The van der Waals surface area contributed by atoms with Crippen LogP contribution in [0.2, 0.25) is 0 Å². The Morgan fingerprint density at radius 3 is 1.74 bits per heavy atom. The number of rotatable bonds is 7. The van der Waals surface area contributed by atoms with Gasteiger partial charge in [0, 0.05) is 29.3 Å². The lowest BCUT2D eigenvalue weighted by atomic mass is 9.89. The van der Waals surface area contributed by atoms with Crippen LogP contribution in [0.1, 0.15) is 29.2 Å².